The van der Waals surface area contributed by atoms with Crippen LogP contribution < -0.4 is 9.64 Å². The summed E-state index contributed by atoms with van der Waals surface area (Å²) in [7, 11) is -3.16. The van der Waals surface area contributed by atoms with Crippen LogP contribution in [0.15, 0.2) is 36.7 Å². The van der Waals surface area contributed by atoms with Crippen LogP contribution in [0, 0.1) is 0 Å². The summed E-state index contributed by atoms with van der Waals surface area (Å²) in [6.07, 6.45) is 10.3. The number of hydrogen-bond acceptors (Lipinski definition) is 8. The number of aromatic nitrogens is 3. The number of anilines is 1. The van der Waals surface area contributed by atoms with Crippen LogP contribution in [-0.4, -0.2) is 65.7 Å². The third-order valence-corrected chi connectivity index (χ3v) is 9.64. The Bertz CT molecular complexity index is 1340. The van der Waals surface area contributed by atoms with Gasteiger partial charge in [-0.2, -0.15) is 4.31 Å². The van der Waals surface area contributed by atoms with Crippen molar-refractivity contribution in [3.05, 3.63) is 47.8 Å². The molecule has 192 valence electrons. The molecule has 2 aromatic heterocycles. The number of sulfonamides is 1. The first-order valence-electron chi connectivity index (χ1n) is 12.8. The van der Waals surface area contributed by atoms with E-state index in [-0.39, 0.29) is 11.9 Å². The topological polar surface area (TPSA) is 88.5 Å². The van der Waals surface area contributed by atoms with E-state index in [0.717, 1.165) is 60.5 Å². The van der Waals surface area contributed by atoms with Crippen molar-refractivity contribution in [2.75, 3.05) is 36.8 Å². The van der Waals surface area contributed by atoms with E-state index in [0.29, 0.717) is 24.7 Å². The molecule has 1 saturated heterocycles. The molecule has 0 spiro atoms. The molecule has 2 aliphatic heterocycles. The fourth-order valence-electron chi connectivity index (χ4n) is 4.78. The fourth-order valence-corrected chi connectivity index (χ4v) is 7.15. The molecule has 8 nitrogen and oxygen atoms in total. The third kappa shape index (κ3) is 5.55. The summed E-state index contributed by atoms with van der Waals surface area (Å²) < 4.78 is 33.6. The second kappa shape index (κ2) is 10.8. The highest BCUT2D eigenvalue weighted by atomic mass is 32.2. The van der Waals surface area contributed by atoms with E-state index in [1.54, 1.807) is 15.6 Å². The number of rotatable bonds is 9. The summed E-state index contributed by atoms with van der Waals surface area (Å²) in [5.74, 6) is 0.972. The van der Waals surface area contributed by atoms with Crippen molar-refractivity contribution in [1.29, 1.82) is 0 Å². The molecule has 2 aliphatic rings. The van der Waals surface area contributed by atoms with Gasteiger partial charge < -0.3 is 9.64 Å². The minimum absolute atomic E-state index is 0.0565. The minimum atomic E-state index is -3.16. The van der Waals surface area contributed by atoms with Crippen molar-refractivity contribution in [2.45, 2.75) is 52.1 Å². The van der Waals surface area contributed by atoms with E-state index in [2.05, 4.69) is 33.9 Å². The van der Waals surface area contributed by atoms with Crippen LogP contribution in [0.25, 0.3) is 15.8 Å². The first kappa shape index (κ1) is 25.1. The van der Waals surface area contributed by atoms with Crippen LogP contribution in [0.5, 0.6) is 5.19 Å². The number of benzene rings is 1. The van der Waals surface area contributed by atoms with Gasteiger partial charge in [-0.1, -0.05) is 43.7 Å². The van der Waals surface area contributed by atoms with Crippen molar-refractivity contribution < 1.29 is 13.2 Å². The SMILES string of the molecule is CCCc1cnc(N2CC[C@@H](Oc3nc4ccc(C5=CCN(S(=O)(=O)CCC)CC5)cc4s3)C2)nc1. The zero-order valence-electron chi connectivity index (χ0n) is 20.9. The van der Waals surface area contributed by atoms with Gasteiger partial charge in [0.2, 0.25) is 16.0 Å². The van der Waals surface area contributed by atoms with Crippen LogP contribution in [0.3, 0.4) is 0 Å². The normalized spacial score (nSPS) is 19.1. The number of aryl methyl sites for hydroxylation is 1. The van der Waals surface area contributed by atoms with Gasteiger partial charge in [-0.15, -0.1) is 0 Å². The molecular weight excluding hydrogens is 494 g/mol. The van der Waals surface area contributed by atoms with E-state index in [4.69, 9.17) is 9.72 Å². The summed E-state index contributed by atoms with van der Waals surface area (Å²) in [5.41, 5.74) is 4.41. The number of thiazole rings is 1. The molecular formula is C26H33N5O3S2. The Kier molecular flexibility index (Phi) is 7.55. The average molecular weight is 528 g/mol. The number of nitrogens with zero attached hydrogens (tertiary/aromatic N) is 5. The lowest BCUT2D eigenvalue weighted by Crippen LogP contribution is -2.36. The molecule has 0 saturated carbocycles. The second-order valence-electron chi connectivity index (χ2n) is 9.43. The maximum absolute atomic E-state index is 12.4. The van der Waals surface area contributed by atoms with Crippen LogP contribution >= 0.6 is 11.3 Å². The zero-order chi connectivity index (χ0) is 25.1. The predicted molar refractivity (Wildman–Crippen MR) is 145 cm³/mol. The second-order valence-corrected chi connectivity index (χ2v) is 12.5. The number of ether oxygens (including phenoxy) is 1. The molecule has 1 atom stereocenters. The van der Waals surface area contributed by atoms with Gasteiger partial charge in [-0.3, -0.25) is 0 Å². The summed E-state index contributed by atoms with van der Waals surface area (Å²) in [5, 5.41) is 0.683. The summed E-state index contributed by atoms with van der Waals surface area (Å²) >= 11 is 1.56. The van der Waals surface area contributed by atoms with Crippen molar-refractivity contribution >= 4 is 43.1 Å². The van der Waals surface area contributed by atoms with Gasteiger partial charge in [0.1, 0.15) is 6.10 Å². The van der Waals surface area contributed by atoms with Gasteiger partial charge in [-0.05, 0) is 48.1 Å². The standard InChI is InChI=1S/C26H33N5O3S2/c1-3-5-19-16-27-25(28-17-19)30-11-10-22(18-30)34-26-29-23-7-6-21(15-24(23)35-26)20-8-12-31(13-9-20)36(32,33)14-4-2/h6-8,15-17,22H,3-5,9-14,18H2,1-2H3/t22-/m1/s1. The minimum Gasteiger partial charge on any atom is -0.465 e. The van der Waals surface area contributed by atoms with Gasteiger partial charge in [-0.25, -0.2) is 23.4 Å². The maximum Gasteiger partial charge on any atom is 0.274 e. The molecule has 4 heterocycles. The van der Waals surface area contributed by atoms with Crippen LogP contribution in [0.2, 0.25) is 0 Å². The Morgan fingerprint density at radius 3 is 2.69 bits per heavy atom. The Hall–Kier alpha value is -2.56. The van der Waals surface area contributed by atoms with E-state index in [1.807, 2.05) is 31.5 Å². The summed E-state index contributed by atoms with van der Waals surface area (Å²) in [4.78, 5) is 16.0. The van der Waals surface area contributed by atoms with Crippen LogP contribution in [0.1, 0.15) is 50.7 Å². The van der Waals surface area contributed by atoms with E-state index in [9.17, 15) is 8.42 Å². The average Bonchev–Trinajstić information content (AvgIpc) is 3.51. The Morgan fingerprint density at radius 2 is 1.97 bits per heavy atom. The highest BCUT2D eigenvalue weighted by Crippen LogP contribution is 2.33. The van der Waals surface area contributed by atoms with Crippen molar-refractivity contribution in [3.63, 3.8) is 0 Å². The fraction of sp³-hybridized carbons (Fsp3) is 0.500. The molecule has 3 aromatic rings. The molecule has 0 bridgehead atoms. The molecule has 1 aromatic carbocycles. The lowest BCUT2D eigenvalue weighted by Gasteiger charge is -2.25. The predicted octanol–water partition coefficient (Wildman–Crippen LogP) is 4.53. The Morgan fingerprint density at radius 1 is 1.14 bits per heavy atom. The maximum atomic E-state index is 12.4. The highest BCUT2D eigenvalue weighted by Gasteiger charge is 2.27. The van der Waals surface area contributed by atoms with Crippen LogP contribution in [0.4, 0.5) is 5.95 Å². The van der Waals surface area contributed by atoms with E-state index >= 15 is 0 Å². The molecule has 10 heteroatoms. The Labute approximate surface area is 217 Å². The molecule has 5 rings (SSSR count). The van der Waals surface area contributed by atoms with Gasteiger partial charge in [0, 0.05) is 38.4 Å². The van der Waals surface area contributed by atoms with Crippen LogP contribution in [-0.2, 0) is 16.4 Å². The molecule has 36 heavy (non-hydrogen) atoms. The first-order chi connectivity index (χ1) is 17.4. The van der Waals surface area contributed by atoms with Gasteiger partial charge >= 0.3 is 0 Å². The smallest absolute Gasteiger partial charge is 0.274 e. The molecule has 0 unspecified atom stereocenters. The molecule has 0 aliphatic carbocycles. The number of hydrogen-bond donors (Lipinski definition) is 0. The summed E-state index contributed by atoms with van der Waals surface area (Å²) in [6, 6.07) is 6.25. The molecule has 1 fully saturated rings. The van der Waals surface area contributed by atoms with Gasteiger partial charge in [0.05, 0.1) is 22.5 Å². The third-order valence-electron chi connectivity index (χ3n) is 6.69. The quantitative estimate of drug-likeness (QED) is 0.404. The largest absolute Gasteiger partial charge is 0.465 e. The molecule has 0 radical (unpaired) electrons. The van der Waals surface area contributed by atoms with E-state index < -0.39 is 10.0 Å². The molecule has 0 amide bonds. The first-order valence-corrected chi connectivity index (χ1v) is 15.2. The zero-order valence-corrected chi connectivity index (χ0v) is 22.5. The van der Waals surface area contributed by atoms with Gasteiger partial charge in [0.25, 0.3) is 5.19 Å². The Balaban J connectivity index is 1.22. The lowest BCUT2D eigenvalue weighted by molar-refractivity contribution is 0.224. The van der Waals surface area contributed by atoms with Gasteiger partial charge in [0.15, 0.2) is 0 Å². The molecule has 0 N–H and O–H groups in total. The highest BCUT2D eigenvalue weighted by molar-refractivity contribution is 7.89. The van der Waals surface area contributed by atoms with Crippen molar-refractivity contribution in [2.24, 2.45) is 0 Å². The number of fused-ring (bicyclic) bond motifs is 1. The summed E-state index contributed by atoms with van der Waals surface area (Å²) in [6.45, 7) is 6.64. The lowest BCUT2D eigenvalue weighted by atomic mass is 10.0. The monoisotopic (exact) mass is 527 g/mol. The van der Waals surface area contributed by atoms with Crippen molar-refractivity contribution in [1.82, 2.24) is 19.3 Å². The van der Waals surface area contributed by atoms with Crippen molar-refractivity contribution in [3.8, 4) is 5.19 Å². The van der Waals surface area contributed by atoms with E-state index in [1.165, 1.54) is 11.1 Å².